The summed E-state index contributed by atoms with van der Waals surface area (Å²) in [6.07, 6.45) is 1.27. The molecule has 2 unspecified atom stereocenters. The fourth-order valence-corrected chi connectivity index (χ4v) is 2.88. The molecule has 2 fully saturated rings. The molecule has 1 aromatic rings. The maximum atomic E-state index is 12.4. The molecule has 5 heteroatoms. The largest absolute Gasteiger partial charge is 0.497 e. The van der Waals surface area contributed by atoms with Crippen LogP contribution in [-0.2, 0) is 4.79 Å². The molecule has 1 N–H and O–H groups in total. The van der Waals surface area contributed by atoms with Crippen LogP contribution in [-0.4, -0.2) is 42.5 Å². The van der Waals surface area contributed by atoms with Crippen molar-refractivity contribution in [2.75, 3.05) is 13.7 Å². The van der Waals surface area contributed by atoms with Gasteiger partial charge in [-0.2, -0.15) is 0 Å². The lowest BCUT2D eigenvalue weighted by Crippen LogP contribution is -2.38. The maximum absolute atomic E-state index is 12.4. The predicted molar refractivity (Wildman–Crippen MR) is 69.0 cm³/mol. The predicted octanol–water partition coefficient (Wildman–Crippen LogP) is 0.798. The van der Waals surface area contributed by atoms with Crippen LogP contribution in [0.3, 0.4) is 0 Å². The van der Waals surface area contributed by atoms with Crippen LogP contribution in [0.1, 0.15) is 23.2 Å². The number of likely N-dealkylation sites (tertiary alicyclic amines) is 1. The quantitative estimate of drug-likeness (QED) is 0.855. The fraction of sp³-hybridized carbons (Fsp3) is 0.429. The molecular weight excluding hydrogens is 244 g/mol. The second-order valence-electron chi connectivity index (χ2n) is 4.96. The zero-order valence-electron chi connectivity index (χ0n) is 10.8. The minimum Gasteiger partial charge on any atom is -0.497 e. The maximum Gasteiger partial charge on any atom is 0.254 e. The Balaban J connectivity index is 1.78. The zero-order chi connectivity index (χ0) is 13.4. The number of carbonyl (C=O) groups is 2. The van der Waals surface area contributed by atoms with Gasteiger partial charge in [-0.05, 0) is 30.7 Å². The molecule has 0 radical (unpaired) electrons. The summed E-state index contributed by atoms with van der Waals surface area (Å²) in [4.78, 5) is 25.6. The number of benzene rings is 1. The third-order valence-electron chi connectivity index (χ3n) is 3.88. The second-order valence-corrected chi connectivity index (χ2v) is 4.96. The molecule has 0 saturated carbocycles. The molecular formula is C14H16N2O3. The first-order chi connectivity index (χ1) is 9.19. The van der Waals surface area contributed by atoms with E-state index in [-0.39, 0.29) is 23.9 Å². The first-order valence-electron chi connectivity index (χ1n) is 6.43. The van der Waals surface area contributed by atoms with Crippen LogP contribution in [0.15, 0.2) is 24.3 Å². The van der Waals surface area contributed by atoms with E-state index in [2.05, 4.69) is 5.32 Å². The van der Waals surface area contributed by atoms with Crippen LogP contribution < -0.4 is 10.1 Å². The molecule has 0 bridgehead atoms. The standard InChI is InChI=1S/C14H16N2O3/c1-19-10-4-2-9(3-5-10)14(18)16-7-6-11-12(16)8-13(17)15-11/h2-5,11-12H,6-8H2,1H3,(H,15,17). The Morgan fingerprint density at radius 2 is 2.11 bits per heavy atom. The minimum absolute atomic E-state index is 0.00773. The van der Waals surface area contributed by atoms with Gasteiger partial charge in [-0.15, -0.1) is 0 Å². The van der Waals surface area contributed by atoms with E-state index in [1.165, 1.54) is 0 Å². The first kappa shape index (κ1) is 12.0. The Labute approximate surface area is 111 Å². The van der Waals surface area contributed by atoms with Gasteiger partial charge < -0.3 is 15.0 Å². The summed E-state index contributed by atoms with van der Waals surface area (Å²) in [6, 6.07) is 7.23. The average Bonchev–Trinajstić information content (AvgIpc) is 2.97. The molecule has 2 saturated heterocycles. The number of amides is 2. The van der Waals surface area contributed by atoms with Crippen LogP contribution in [0.2, 0.25) is 0 Å². The summed E-state index contributed by atoms with van der Waals surface area (Å²) in [5, 5.41) is 2.92. The van der Waals surface area contributed by atoms with Gasteiger partial charge in [0.15, 0.2) is 0 Å². The Morgan fingerprint density at radius 1 is 1.37 bits per heavy atom. The number of rotatable bonds is 2. The SMILES string of the molecule is COc1ccc(C(=O)N2CCC3NC(=O)CC32)cc1. The molecule has 2 atom stereocenters. The Morgan fingerprint density at radius 3 is 2.79 bits per heavy atom. The average molecular weight is 260 g/mol. The topological polar surface area (TPSA) is 58.6 Å². The first-order valence-corrected chi connectivity index (χ1v) is 6.43. The molecule has 2 amide bonds. The third kappa shape index (κ3) is 2.05. The third-order valence-corrected chi connectivity index (χ3v) is 3.88. The Kier molecular flexibility index (Phi) is 2.89. The second kappa shape index (κ2) is 4.57. The molecule has 19 heavy (non-hydrogen) atoms. The van der Waals surface area contributed by atoms with E-state index in [1.807, 2.05) is 4.90 Å². The highest BCUT2D eigenvalue weighted by molar-refractivity contribution is 5.95. The van der Waals surface area contributed by atoms with Crippen molar-refractivity contribution in [2.45, 2.75) is 24.9 Å². The van der Waals surface area contributed by atoms with Crippen molar-refractivity contribution in [1.29, 1.82) is 0 Å². The van der Waals surface area contributed by atoms with Gasteiger partial charge in [-0.25, -0.2) is 0 Å². The van der Waals surface area contributed by atoms with Crippen molar-refractivity contribution in [3.05, 3.63) is 29.8 Å². The van der Waals surface area contributed by atoms with E-state index in [1.54, 1.807) is 31.4 Å². The Bertz CT molecular complexity index is 512. The molecule has 0 spiro atoms. The lowest BCUT2D eigenvalue weighted by Gasteiger charge is -2.22. The van der Waals surface area contributed by atoms with E-state index >= 15 is 0 Å². The summed E-state index contributed by atoms with van der Waals surface area (Å²) >= 11 is 0. The molecule has 3 rings (SSSR count). The summed E-state index contributed by atoms with van der Waals surface area (Å²) in [5.74, 6) is 0.766. The number of carbonyl (C=O) groups excluding carboxylic acids is 2. The number of hydrogen-bond acceptors (Lipinski definition) is 3. The van der Waals surface area contributed by atoms with E-state index in [4.69, 9.17) is 4.74 Å². The van der Waals surface area contributed by atoms with Gasteiger partial charge in [0, 0.05) is 18.5 Å². The monoisotopic (exact) mass is 260 g/mol. The number of fused-ring (bicyclic) bond motifs is 1. The van der Waals surface area contributed by atoms with Gasteiger partial charge in [0.05, 0.1) is 19.2 Å². The summed E-state index contributed by atoms with van der Waals surface area (Å²) in [5.41, 5.74) is 0.640. The summed E-state index contributed by atoms with van der Waals surface area (Å²) in [6.45, 7) is 0.709. The Hall–Kier alpha value is -2.04. The molecule has 0 aliphatic carbocycles. The number of methoxy groups -OCH3 is 1. The molecule has 1 aromatic carbocycles. The summed E-state index contributed by atoms with van der Waals surface area (Å²) < 4.78 is 5.08. The smallest absolute Gasteiger partial charge is 0.254 e. The van der Waals surface area contributed by atoms with E-state index in [0.29, 0.717) is 18.5 Å². The summed E-state index contributed by atoms with van der Waals surface area (Å²) in [7, 11) is 1.59. The van der Waals surface area contributed by atoms with Gasteiger partial charge in [-0.1, -0.05) is 0 Å². The van der Waals surface area contributed by atoms with Crippen molar-refractivity contribution >= 4 is 11.8 Å². The van der Waals surface area contributed by atoms with Crippen molar-refractivity contribution in [3.8, 4) is 5.75 Å². The van der Waals surface area contributed by atoms with Crippen LogP contribution in [0.25, 0.3) is 0 Å². The van der Waals surface area contributed by atoms with Crippen LogP contribution in [0, 0.1) is 0 Å². The van der Waals surface area contributed by atoms with Gasteiger partial charge in [0.1, 0.15) is 5.75 Å². The van der Waals surface area contributed by atoms with E-state index in [0.717, 1.165) is 12.2 Å². The van der Waals surface area contributed by atoms with Crippen LogP contribution in [0.4, 0.5) is 0 Å². The van der Waals surface area contributed by atoms with Crippen molar-refractivity contribution in [3.63, 3.8) is 0 Å². The molecule has 5 nitrogen and oxygen atoms in total. The van der Waals surface area contributed by atoms with E-state index < -0.39 is 0 Å². The number of nitrogens with one attached hydrogen (secondary N) is 1. The van der Waals surface area contributed by atoms with Crippen molar-refractivity contribution < 1.29 is 14.3 Å². The van der Waals surface area contributed by atoms with Gasteiger partial charge >= 0.3 is 0 Å². The lowest BCUT2D eigenvalue weighted by atomic mass is 10.1. The van der Waals surface area contributed by atoms with E-state index in [9.17, 15) is 9.59 Å². The molecule has 2 aliphatic rings. The highest BCUT2D eigenvalue weighted by atomic mass is 16.5. The normalized spacial score (nSPS) is 25.1. The van der Waals surface area contributed by atoms with Gasteiger partial charge in [0.2, 0.25) is 5.91 Å². The van der Waals surface area contributed by atoms with Crippen molar-refractivity contribution in [1.82, 2.24) is 10.2 Å². The number of nitrogens with zero attached hydrogens (tertiary/aromatic N) is 1. The molecule has 2 heterocycles. The minimum atomic E-state index is -0.00773. The number of ether oxygens (including phenoxy) is 1. The van der Waals surface area contributed by atoms with Gasteiger partial charge in [0.25, 0.3) is 5.91 Å². The molecule has 2 aliphatic heterocycles. The highest BCUT2D eigenvalue weighted by Gasteiger charge is 2.43. The van der Waals surface area contributed by atoms with Crippen LogP contribution >= 0.6 is 0 Å². The molecule has 0 aromatic heterocycles. The van der Waals surface area contributed by atoms with Crippen molar-refractivity contribution in [2.24, 2.45) is 0 Å². The highest BCUT2D eigenvalue weighted by Crippen LogP contribution is 2.27. The van der Waals surface area contributed by atoms with Crippen LogP contribution in [0.5, 0.6) is 5.75 Å². The fourth-order valence-electron chi connectivity index (χ4n) is 2.88. The number of hydrogen-bond donors (Lipinski definition) is 1. The van der Waals surface area contributed by atoms with Gasteiger partial charge in [-0.3, -0.25) is 9.59 Å². The molecule has 100 valence electrons. The zero-order valence-corrected chi connectivity index (χ0v) is 10.8. The lowest BCUT2D eigenvalue weighted by molar-refractivity contribution is -0.119.